The smallest absolute Gasteiger partial charge is 0.408 e. The van der Waals surface area contributed by atoms with Gasteiger partial charge in [0.25, 0.3) is 0 Å². The van der Waals surface area contributed by atoms with E-state index in [0.717, 1.165) is 46.2 Å². The summed E-state index contributed by atoms with van der Waals surface area (Å²) in [6.45, 7) is 25.1. The summed E-state index contributed by atoms with van der Waals surface area (Å²) < 4.78 is 53.1. The summed E-state index contributed by atoms with van der Waals surface area (Å²) in [4.78, 5) is 81.9. The number of ether oxygens (including phenoxy) is 6. The fourth-order valence-corrected chi connectivity index (χ4v) is 6.05. The molecule has 20 nitrogen and oxygen atoms in total. The first-order valence-electron chi connectivity index (χ1n) is 23.0. The Balaban J connectivity index is 0. The van der Waals surface area contributed by atoms with Crippen LogP contribution in [0.15, 0.2) is 36.4 Å². The molecule has 0 aliphatic carbocycles. The standard InChI is InChI=1S/C26H40N2O8.C16H23NO4.C6H11ClO2.CH2Cl2O3S/c1-17-11-12-19(14-18(17)2)15-20(28-24(32)36-26(6,7)8)22(30)34-16-33-21(29)10-9-13-27-23(31)35-25(3,4)5;1-10-6-7-12(8-11(10)2)9-13(14(18)19)17-15(20)21-16(3,4)5;1-2-3-4-6(8)9-5-7;2-1-6-7(3,4)5/h11-12,14,20H,9-10,13,15-16H2,1-8H3,(H,27,31)(H,28,32);6-8,13H,9H2,1-5H3,(H,17,20)(H,18,19);2-5H2,1H3;1H2/t20-;13-;;/m00../s1. The number of aryl methyl sites for hydroxylation is 4. The Morgan fingerprint density at radius 1 is 0.603 bits per heavy atom. The van der Waals surface area contributed by atoms with E-state index in [2.05, 4.69) is 35.6 Å². The molecule has 0 aliphatic rings. The second-order valence-electron chi connectivity index (χ2n) is 19.0. The van der Waals surface area contributed by atoms with E-state index in [1.165, 1.54) is 0 Å². The molecule has 416 valence electrons. The number of rotatable bonds is 20. The molecule has 0 saturated carbocycles. The number of esters is 3. The minimum Gasteiger partial charge on any atom is -0.480 e. The molecule has 0 aromatic heterocycles. The Morgan fingerprint density at radius 2 is 1.03 bits per heavy atom. The summed E-state index contributed by atoms with van der Waals surface area (Å²) in [5, 5.41) is 16.7. The van der Waals surface area contributed by atoms with E-state index in [1.807, 2.05) is 71.0 Å². The monoisotopic (exact) mass is 1120 g/mol. The summed E-state index contributed by atoms with van der Waals surface area (Å²) in [6, 6.07) is 8.95. The first-order chi connectivity index (χ1) is 33.5. The lowest BCUT2D eigenvalue weighted by atomic mass is 10.0. The third-order valence-electron chi connectivity index (χ3n) is 8.77. The second kappa shape index (κ2) is 35.2. The molecule has 2 aromatic carbocycles. The van der Waals surface area contributed by atoms with E-state index in [1.54, 1.807) is 62.3 Å². The highest BCUT2D eigenvalue weighted by atomic mass is 35.7. The van der Waals surface area contributed by atoms with Gasteiger partial charge in [0, 0.05) is 42.9 Å². The van der Waals surface area contributed by atoms with Crippen molar-refractivity contribution in [3.05, 3.63) is 69.8 Å². The molecule has 0 saturated heterocycles. The van der Waals surface area contributed by atoms with Crippen LogP contribution in [-0.4, -0.2) is 110 Å². The molecule has 0 bridgehead atoms. The van der Waals surface area contributed by atoms with Crippen molar-refractivity contribution in [2.75, 3.05) is 25.5 Å². The van der Waals surface area contributed by atoms with E-state index in [4.69, 9.17) is 46.9 Å². The van der Waals surface area contributed by atoms with Gasteiger partial charge < -0.3 is 49.5 Å². The third-order valence-corrected chi connectivity index (χ3v) is 9.78. The van der Waals surface area contributed by atoms with Crippen LogP contribution in [0, 0.1) is 27.7 Å². The Hall–Kier alpha value is -5.09. The number of carbonyl (C=O) groups is 7. The molecule has 2 rings (SSSR count). The van der Waals surface area contributed by atoms with Gasteiger partial charge in [0.2, 0.25) is 6.79 Å². The van der Waals surface area contributed by atoms with E-state index >= 15 is 0 Å². The lowest BCUT2D eigenvalue weighted by molar-refractivity contribution is -0.168. The molecule has 0 radical (unpaired) electrons. The molecule has 73 heavy (non-hydrogen) atoms. The normalized spacial score (nSPS) is 11.9. The maximum absolute atomic E-state index is 12.7. The van der Waals surface area contributed by atoms with Crippen LogP contribution in [0.1, 0.15) is 135 Å². The van der Waals surface area contributed by atoms with Gasteiger partial charge in [-0.1, -0.05) is 72.9 Å². The molecule has 0 heterocycles. The van der Waals surface area contributed by atoms with Gasteiger partial charge in [0.15, 0.2) is 6.07 Å². The molecular weight excluding hydrogens is 1040 g/mol. The highest BCUT2D eigenvalue weighted by Crippen LogP contribution is 2.15. The zero-order valence-electron chi connectivity index (χ0n) is 44.4. The highest BCUT2D eigenvalue weighted by molar-refractivity contribution is 8.10. The van der Waals surface area contributed by atoms with Crippen LogP contribution in [0.5, 0.6) is 0 Å². The van der Waals surface area contributed by atoms with Crippen molar-refractivity contribution in [2.45, 2.75) is 171 Å². The van der Waals surface area contributed by atoms with Crippen LogP contribution >= 0.6 is 33.9 Å². The molecule has 24 heteroatoms. The minimum absolute atomic E-state index is 0.00950. The predicted molar refractivity (Wildman–Crippen MR) is 277 cm³/mol. The number of unbranched alkanes of at least 4 members (excludes halogenated alkanes) is 1. The van der Waals surface area contributed by atoms with Gasteiger partial charge in [-0.05, 0) is 136 Å². The Labute approximate surface area is 445 Å². The highest BCUT2D eigenvalue weighted by Gasteiger charge is 2.27. The van der Waals surface area contributed by atoms with Crippen molar-refractivity contribution in [2.24, 2.45) is 0 Å². The average molecular weight is 1120 g/mol. The third kappa shape index (κ3) is 40.0. The fourth-order valence-electron chi connectivity index (χ4n) is 5.20. The molecule has 3 amide bonds. The van der Waals surface area contributed by atoms with Crippen molar-refractivity contribution in [3.63, 3.8) is 0 Å². The molecule has 2 aromatic rings. The second-order valence-corrected chi connectivity index (χ2v) is 21.6. The van der Waals surface area contributed by atoms with Crippen molar-refractivity contribution >= 4 is 85.4 Å². The molecule has 0 spiro atoms. The van der Waals surface area contributed by atoms with Crippen LogP contribution in [0.3, 0.4) is 0 Å². The number of hydrogen-bond donors (Lipinski definition) is 4. The zero-order chi connectivity index (χ0) is 56.8. The van der Waals surface area contributed by atoms with Crippen LogP contribution in [0.4, 0.5) is 14.4 Å². The largest absolute Gasteiger partial charge is 0.480 e. The number of amides is 3. The molecule has 0 unspecified atom stereocenters. The Kier molecular flexibility index (Phi) is 33.7. The van der Waals surface area contributed by atoms with Gasteiger partial charge in [-0.25, -0.2) is 28.2 Å². The molecule has 0 aliphatic heterocycles. The first-order valence-corrected chi connectivity index (χ1v) is 26.3. The summed E-state index contributed by atoms with van der Waals surface area (Å²) in [5.41, 5.74) is 4.06. The summed E-state index contributed by atoms with van der Waals surface area (Å²) in [7, 11) is 0.665. The number of benzene rings is 2. The topological polar surface area (TPSA) is 275 Å². The van der Waals surface area contributed by atoms with Gasteiger partial charge in [0.05, 0.1) is 0 Å². The maximum Gasteiger partial charge on any atom is 0.408 e. The SMILES string of the molecule is CCCCC(=O)OCCl.Cc1ccc(C[C@H](NC(=O)OC(C)(C)C)C(=O)O)cc1C.Cc1ccc(C[C@H](NC(=O)OC(C)(C)C)C(=O)OCOC(=O)CCCNC(=O)OC(C)(C)C)cc1C.O=S(=O)(Cl)OCCl. The van der Waals surface area contributed by atoms with Gasteiger partial charge in [-0.2, -0.15) is 8.42 Å². The predicted octanol–water partition coefficient (Wildman–Crippen LogP) is 9.51. The number of alkyl halides is 2. The minimum atomic E-state index is -3.83. The van der Waals surface area contributed by atoms with E-state index in [0.29, 0.717) is 12.8 Å². The van der Waals surface area contributed by atoms with Crippen molar-refractivity contribution in [3.8, 4) is 0 Å². The van der Waals surface area contributed by atoms with Crippen molar-refractivity contribution in [1.29, 1.82) is 0 Å². The number of hydrogen-bond acceptors (Lipinski definition) is 16. The van der Waals surface area contributed by atoms with E-state index in [9.17, 15) is 47.1 Å². The summed E-state index contributed by atoms with van der Waals surface area (Å²) in [5.74, 6) is -2.65. The Morgan fingerprint density at radius 3 is 1.41 bits per heavy atom. The number of alkyl carbamates (subject to hydrolysis) is 3. The fraction of sp³-hybridized carbons (Fsp3) is 0.612. The number of carboxylic acid groups (broad SMARTS) is 1. The maximum atomic E-state index is 12.7. The summed E-state index contributed by atoms with van der Waals surface area (Å²) in [6.07, 6.45) is 1.05. The molecule has 2 atom stereocenters. The molecular formula is C49H76Cl3N3O17S. The number of aliphatic carboxylic acids is 1. The first kappa shape index (κ1) is 70.0. The van der Waals surface area contributed by atoms with Crippen LogP contribution < -0.4 is 16.0 Å². The van der Waals surface area contributed by atoms with Gasteiger partial charge in [-0.15, -0.1) is 0 Å². The lowest BCUT2D eigenvalue weighted by Gasteiger charge is -2.23. The van der Waals surface area contributed by atoms with Gasteiger partial charge >= 0.3 is 51.5 Å². The number of carboxylic acids is 1. The van der Waals surface area contributed by atoms with E-state index < -0.39 is 87.3 Å². The van der Waals surface area contributed by atoms with Gasteiger partial charge in [0.1, 0.15) is 35.0 Å². The van der Waals surface area contributed by atoms with Crippen molar-refractivity contribution in [1.82, 2.24) is 16.0 Å². The molecule has 4 N–H and O–H groups in total. The Bertz CT molecular complexity index is 2170. The van der Waals surface area contributed by atoms with Gasteiger partial charge in [-0.3, -0.25) is 9.59 Å². The van der Waals surface area contributed by atoms with Crippen molar-refractivity contribution < 1.29 is 79.7 Å². The quantitative estimate of drug-likeness (QED) is 0.0240. The number of halogens is 3. The zero-order valence-corrected chi connectivity index (χ0v) is 47.5. The lowest BCUT2D eigenvalue weighted by Crippen LogP contribution is -2.45. The average Bonchev–Trinajstić information content (AvgIpc) is 3.22. The summed E-state index contributed by atoms with van der Waals surface area (Å²) >= 11 is 9.93. The van der Waals surface area contributed by atoms with Crippen LogP contribution in [0.2, 0.25) is 0 Å². The number of nitrogens with one attached hydrogen (secondary N) is 3. The number of carbonyl (C=O) groups excluding carboxylic acids is 6. The van der Waals surface area contributed by atoms with Crippen LogP contribution in [0.25, 0.3) is 0 Å². The molecule has 0 fully saturated rings. The van der Waals surface area contributed by atoms with E-state index in [-0.39, 0.29) is 37.8 Å². The van der Waals surface area contributed by atoms with Crippen LogP contribution in [-0.2, 0) is 74.0 Å².